The summed E-state index contributed by atoms with van der Waals surface area (Å²) in [7, 11) is 1.62. The van der Waals surface area contributed by atoms with Crippen molar-refractivity contribution in [1.29, 1.82) is 0 Å². The number of aryl methyl sites for hydroxylation is 1. The largest absolute Gasteiger partial charge is 0.444 e. The molecule has 1 aromatic heterocycles. The number of amides is 1. The van der Waals surface area contributed by atoms with E-state index in [0.29, 0.717) is 17.0 Å². The van der Waals surface area contributed by atoms with E-state index in [0.717, 1.165) is 25.8 Å². The number of piperidine rings is 1. The van der Waals surface area contributed by atoms with Gasteiger partial charge in [-0.3, -0.25) is 9.69 Å². The van der Waals surface area contributed by atoms with Gasteiger partial charge in [-0.25, -0.2) is 4.79 Å². The summed E-state index contributed by atoms with van der Waals surface area (Å²) in [5.74, 6) is 0.588. The molecule has 3 rings (SSSR count). The lowest BCUT2D eigenvalue weighted by atomic mass is 9.89. The number of carbonyl (C=O) groups excluding carboxylic acids is 2. The third-order valence-corrected chi connectivity index (χ3v) is 5.05. The molecule has 162 valence electrons. The van der Waals surface area contributed by atoms with Gasteiger partial charge in [-0.2, -0.15) is 4.98 Å². The number of rotatable bonds is 5. The highest BCUT2D eigenvalue weighted by molar-refractivity contribution is 6.06. The van der Waals surface area contributed by atoms with Gasteiger partial charge < -0.3 is 14.6 Å². The minimum Gasteiger partial charge on any atom is -0.444 e. The molecule has 0 saturated carbocycles. The first-order chi connectivity index (χ1) is 14.2. The van der Waals surface area contributed by atoms with Gasteiger partial charge in [0.15, 0.2) is 11.6 Å². The third-order valence-electron chi connectivity index (χ3n) is 5.05. The van der Waals surface area contributed by atoms with Gasteiger partial charge in [0.05, 0.1) is 5.56 Å². The van der Waals surface area contributed by atoms with E-state index in [4.69, 9.17) is 9.26 Å². The topological polar surface area (TPSA) is 97.6 Å². The molecule has 2 atom stereocenters. The lowest BCUT2D eigenvalue weighted by molar-refractivity contribution is 0.0174. The fourth-order valence-electron chi connectivity index (χ4n) is 3.67. The molecule has 8 nitrogen and oxygen atoms in total. The van der Waals surface area contributed by atoms with E-state index in [9.17, 15) is 9.59 Å². The summed E-state index contributed by atoms with van der Waals surface area (Å²) in [5, 5.41) is 7.25. The molecule has 0 aliphatic carbocycles. The highest BCUT2D eigenvalue weighted by Crippen LogP contribution is 2.27. The van der Waals surface area contributed by atoms with Crippen LogP contribution in [0, 0.1) is 6.92 Å². The Balaban J connectivity index is 1.98. The van der Waals surface area contributed by atoms with Crippen molar-refractivity contribution in [2.75, 3.05) is 13.6 Å². The first kappa shape index (κ1) is 22.0. The Kier molecular flexibility index (Phi) is 6.55. The van der Waals surface area contributed by atoms with Gasteiger partial charge in [0.2, 0.25) is 0 Å². The Morgan fingerprint density at radius 2 is 2.00 bits per heavy atom. The lowest BCUT2D eigenvalue weighted by Gasteiger charge is -2.37. The number of nitrogens with one attached hydrogen (secondary N) is 1. The molecule has 0 spiro atoms. The van der Waals surface area contributed by atoms with Gasteiger partial charge in [0, 0.05) is 18.7 Å². The fourth-order valence-corrected chi connectivity index (χ4v) is 3.67. The molecule has 1 unspecified atom stereocenters. The van der Waals surface area contributed by atoms with Crippen molar-refractivity contribution in [3.05, 3.63) is 35.7 Å². The van der Waals surface area contributed by atoms with E-state index in [1.54, 1.807) is 32.2 Å². The molecule has 8 heteroatoms. The number of nitrogens with zero attached hydrogens (tertiary/aromatic N) is 3. The second kappa shape index (κ2) is 8.95. The van der Waals surface area contributed by atoms with E-state index in [1.807, 2.05) is 26.8 Å². The van der Waals surface area contributed by atoms with Crippen molar-refractivity contribution < 1.29 is 18.8 Å². The zero-order valence-corrected chi connectivity index (χ0v) is 18.3. The first-order valence-corrected chi connectivity index (χ1v) is 10.3. The van der Waals surface area contributed by atoms with Gasteiger partial charge in [-0.1, -0.05) is 29.8 Å². The molecule has 1 N–H and O–H groups in total. The van der Waals surface area contributed by atoms with Crippen LogP contribution in [0.5, 0.6) is 0 Å². The summed E-state index contributed by atoms with van der Waals surface area (Å²) in [6, 6.07) is 6.23. The third kappa shape index (κ3) is 5.05. The lowest BCUT2D eigenvalue weighted by Crippen LogP contribution is -2.56. The summed E-state index contributed by atoms with van der Waals surface area (Å²) in [5.41, 5.74) is 0.341. The number of carbonyl (C=O) groups is 2. The molecule has 1 aliphatic heterocycles. The van der Waals surface area contributed by atoms with E-state index in [1.165, 1.54) is 4.90 Å². The van der Waals surface area contributed by atoms with Gasteiger partial charge in [0.25, 0.3) is 5.89 Å². The van der Waals surface area contributed by atoms with Crippen LogP contribution in [0.3, 0.4) is 0 Å². The summed E-state index contributed by atoms with van der Waals surface area (Å²) < 4.78 is 10.8. The highest BCUT2D eigenvalue weighted by Gasteiger charge is 2.38. The molecular formula is C22H30N4O4. The van der Waals surface area contributed by atoms with E-state index < -0.39 is 17.7 Å². The normalized spacial score (nSPS) is 18.0. The van der Waals surface area contributed by atoms with E-state index in [2.05, 4.69) is 15.5 Å². The maximum absolute atomic E-state index is 13.8. The van der Waals surface area contributed by atoms with Crippen LogP contribution in [-0.2, 0) is 4.74 Å². The summed E-state index contributed by atoms with van der Waals surface area (Å²) in [6.45, 7) is 7.95. The molecule has 1 saturated heterocycles. The van der Waals surface area contributed by atoms with Crippen LogP contribution in [-0.4, -0.2) is 58.2 Å². The maximum Gasteiger partial charge on any atom is 0.410 e. The minimum atomic E-state index is -0.717. The Morgan fingerprint density at radius 1 is 1.27 bits per heavy atom. The number of hydrogen-bond acceptors (Lipinski definition) is 7. The van der Waals surface area contributed by atoms with Gasteiger partial charge in [0.1, 0.15) is 11.6 Å². The van der Waals surface area contributed by atoms with Crippen molar-refractivity contribution in [1.82, 2.24) is 20.4 Å². The summed E-state index contributed by atoms with van der Waals surface area (Å²) >= 11 is 0. The fraction of sp³-hybridized carbons (Fsp3) is 0.545. The molecule has 1 fully saturated rings. The van der Waals surface area contributed by atoms with Crippen LogP contribution in [0.4, 0.5) is 4.79 Å². The zero-order valence-electron chi connectivity index (χ0n) is 18.3. The predicted octanol–water partition coefficient (Wildman–Crippen LogP) is 3.61. The van der Waals surface area contributed by atoms with Gasteiger partial charge in [-0.05, 0) is 53.1 Å². The summed E-state index contributed by atoms with van der Waals surface area (Å²) in [6.07, 6.45) is 2.31. The summed E-state index contributed by atoms with van der Waals surface area (Å²) in [4.78, 5) is 32.3. The molecule has 0 bridgehead atoms. The van der Waals surface area contributed by atoms with Crippen LogP contribution < -0.4 is 5.32 Å². The second-order valence-corrected chi connectivity index (χ2v) is 8.65. The standard InChI is InChI=1S/C22H30N4O4/c1-14-24-20(30-25-14)16-11-7-6-10-15(16)19(27)18(17-12-8-9-13-23-17)26(5)21(28)29-22(2,3)4/h6-7,10-11,17-18,23H,8-9,12-13H2,1-5H3/t17?,18-/m0/s1. The van der Waals surface area contributed by atoms with E-state index in [-0.39, 0.29) is 17.7 Å². The van der Waals surface area contributed by atoms with Crippen LogP contribution in [0.2, 0.25) is 0 Å². The Labute approximate surface area is 177 Å². The number of likely N-dealkylation sites (N-methyl/N-ethyl adjacent to an activating group) is 1. The van der Waals surface area contributed by atoms with Crippen molar-refractivity contribution >= 4 is 11.9 Å². The predicted molar refractivity (Wildman–Crippen MR) is 112 cm³/mol. The zero-order chi connectivity index (χ0) is 21.9. The van der Waals surface area contributed by atoms with Crippen molar-refractivity contribution in [3.63, 3.8) is 0 Å². The highest BCUT2D eigenvalue weighted by atomic mass is 16.6. The molecule has 2 aromatic rings. The maximum atomic E-state index is 13.8. The first-order valence-electron chi connectivity index (χ1n) is 10.3. The average Bonchev–Trinajstić information content (AvgIpc) is 3.13. The molecule has 2 heterocycles. The van der Waals surface area contributed by atoms with Crippen molar-refractivity contribution in [2.24, 2.45) is 0 Å². The molecule has 1 aromatic carbocycles. The van der Waals surface area contributed by atoms with Crippen LogP contribution >= 0.6 is 0 Å². The quantitative estimate of drug-likeness (QED) is 0.747. The number of ketones is 1. The molecule has 0 radical (unpaired) electrons. The number of Topliss-reactive ketones (excluding diaryl/α,β-unsaturated/α-hetero) is 1. The van der Waals surface area contributed by atoms with Crippen molar-refractivity contribution in [2.45, 2.75) is 64.6 Å². The van der Waals surface area contributed by atoms with Crippen molar-refractivity contribution in [3.8, 4) is 11.5 Å². The van der Waals surface area contributed by atoms with E-state index >= 15 is 0 Å². The molecule has 1 aliphatic rings. The molecular weight excluding hydrogens is 384 g/mol. The minimum absolute atomic E-state index is 0.166. The number of hydrogen-bond donors (Lipinski definition) is 1. The number of benzene rings is 1. The Morgan fingerprint density at radius 3 is 2.60 bits per heavy atom. The Bertz CT molecular complexity index is 897. The Hall–Kier alpha value is -2.74. The van der Waals surface area contributed by atoms with Gasteiger partial charge >= 0.3 is 6.09 Å². The van der Waals surface area contributed by atoms with Crippen LogP contribution in [0.15, 0.2) is 28.8 Å². The van der Waals surface area contributed by atoms with Gasteiger partial charge in [-0.15, -0.1) is 0 Å². The smallest absolute Gasteiger partial charge is 0.410 e. The second-order valence-electron chi connectivity index (χ2n) is 8.65. The SMILES string of the molecule is Cc1noc(-c2ccccc2C(=O)[C@H](C2CCCCN2)N(C)C(=O)OC(C)(C)C)n1. The molecule has 1 amide bonds. The average molecular weight is 415 g/mol. The van der Waals surface area contributed by atoms with Crippen LogP contribution in [0.1, 0.15) is 56.2 Å². The molecule has 30 heavy (non-hydrogen) atoms. The van der Waals surface area contributed by atoms with Crippen LogP contribution in [0.25, 0.3) is 11.5 Å². The number of aromatic nitrogens is 2. The monoisotopic (exact) mass is 414 g/mol. The number of ether oxygens (including phenoxy) is 1.